The molecular weight excluding hydrogens is 244 g/mol. The van der Waals surface area contributed by atoms with Gasteiger partial charge >= 0.3 is 0 Å². The average molecular weight is 263 g/mol. The fraction of sp³-hybridized carbons (Fsp3) is 0.818. The summed E-state index contributed by atoms with van der Waals surface area (Å²) in [7, 11) is 0. The van der Waals surface area contributed by atoms with Crippen LogP contribution < -0.4 is 0 Å². The largest absolute Gasteiger partial charge is 0.378 e. The maximum atomic E-state index is 11.7. The second-order valence-corrected chi connectivity index (χ2v) is 4.31. The van der Waals surface area contributed by atoms with E-state index >= 15 is 0 Å². The highest BCUT2D eigenvalue weighted by Crippen LogP contribution is 2.05. The number of hydrogen-bond acceptors (Lipinski definition) is 3. The van der Waals surface area contributed by atoms with E-state index in [1.54, 1.807) is 9.80 Å². The van der Waals surface area contributed by atoms with Crippen molar-refractivity contribution in [1.82, 2.24) is 9.80 Å². The molecule has 1 aliphatic heterocycles. The van der Waals surface area contributed by atoms with E-state index in [0.29, 0.717) is 32.2 Å². The van der Waals surface area contributed by atoms with E-state index in [4.69, 9.17) is 16.3 Å². The fourth-order valence-corrected chi connectivity index (χ4v) is 1.82. The second-order valence-electron chi connectivity index (χ2n) is 3.93. The number of alkyl halides is 1. The Labute approximate surface area is 107 Å². The molecule has 0 bridgehead atoms. The number of ether oxygens (including phenoxy) is 1. The van der Waals surface area contributed by atoms with E-state index in [9.17, 15) is 9.59 Å². The molecule has 0 radical (unpaired) electrons. The summed E-state index contributed by atoms with van der Waals surface area (Å²) in [6, 6.07) is 0. The van der Waals surface area contributed by atoms with Gasteiger partial charge in [-0.3, -0.25) is 9.59 Å². The van der Waals surface area contributed by atoms with Crippen LogP contribution in [0.25, 0.3) is 0 Å². The number of carbonyl (C=O) groups excluding carboxylic acids is 2. The molecule has 0 aromatic carbocycles. The van der Waals surface area contributed by atoms with Crippen molar-refractivity contribution in [1.29, 1.82) is 0 Å². The van der Waals surface area contributed by atoms with Gasteiger partial charge in [-0.2, -0.15) is 0 Å². The Morgan fingerprint density at radius 3 is 2.24 bits per heavy atom. The zero-order chi connectivity index (χ0) is 12.7. The van der Waals surface area contributed by atoms with E-state index in [2.05, 4.69) is 0 Å². The highest BCUT2D eigenvalue weighted by molar-refractivity contribution is 6.17. The molecule has 98 valence electrons. The van der Waals surface area contributed by atoms with Gasteiger partial charge in [0.15, 0.2) is 0 Å². The van der Waals surface area contributed by atoms with Crippen molar-refractivity contribution in [3.63, 3.8) is 0 Å². The summed E-state index contributed by atoms with van der Waals surface area (Å²) in [5.74, 6) is 0.452. The van der Waals surface area contributed by atoms with Crippen LogP contribution in [-0.2, 0) is 14.3 Å². The van der Waals surface area contributed by atoms with Crippen molar-refractivity contribution < 1.29 is 14.3 Å². The standard InChI is InChI=1S/C11H19ClN2O3/c1-2-4-13-8-11(16)14(9-10(13)15)5-7-17-6-3-12/h2-9H2,1H3. The summed E-state index contributed by atoms with van der Waals surface area (Å²) in [6.07, 6.45) is 0.873. The van der Waals surface area contributed by atoms with Gasteiger partial charge in [0.05, 0.1) is 26.3 Å². The third kappa shape index (κ3) is 4.52. The highest BCUT2D eigenvalue weighted by Gasteiger charge is 2.28. The van der Waals surface area contributed by atoms with Crippen LogP contribution in [0.2, 0.25) is 0 Å². The Hall–Kier alpha value is -0.810. The molecule has 0 spiro atoms. The van der Waals surface area contributed by atoms with Gasteiger partial charge in [-0.1, -0.05) is 6.92 Å². The molecule has 1 heterocycles. The molecule has 0 N–H and O–H groups in total. The lowest BCUT2D eigenvalue weighted by molar-refractivity contribution is -0.150. The van der Waals surface area contributed by atoms with Crippen molar-refractivity contribution >= 4 is 23.4 Å². The number of piperazine rings is 1. The lowest BCUT2D eigenvalue weighted by Crippen LogP contribution is -2.54. The predicted molar refractivity (Wildman–Crippen MR) is 65.0 cm³/mol. The first-order valence-electron chi connectivity index (χ1n) is 5.88. The van der Waals surface area contributed by atoms with Gasteiger partial charge in [0.1, 0.15) is 0 Å². The average Bonchev–Trinajstić information content (AvgIpc) is 2.30. The molecule has 1 fully saturated rings. The van der Waals surface area contributed by atoms with Crippen LogP contribution >= 0.6 is 11.6 Å². The van der Waals surface area contributed by atoms with E-state index in [-0.39, 0.29) is 24.9 Å². The molecule has 0 unspecified atom stereocenters. The lowest BCUT2D eigenvalue weighted by Gasteiger charge is -2.33. The lowest BCUT2D eigenvalue weighted by atomic mass is 10.2. The summed E-state index contributed by atoms with van der Waals surface area (Å²) in [6.45, 7) is 4.37. The molecule has 1 saturated heterocycles. The maximum Gasteiger partial charge on any atom is 0.242 e. The van der Waals surface area contributed by atoms with Gasteiger partial charge in [0, 0.05) is 19.0 Å². The Morgan fingerprint density at radius 2 is 1.71 bits per heavy atom. The topological polar surface area (TPSA) is 49.9 Å². The zero-order valence-electron chi connectivity index (χ0n) is 10.2. The molecule has 0 aromatic rings. The van der Waals surface area contributed by atoms with Gasteiger partial charge in [-0.15, -0.1) is 11.6 Å². The van der Waals surface area contributed by atoms with Crippen LogP contribution in [0.4, 0.5) is 0 Å². The summed E-state index contributed by atoms with van der Waals surface area (Å²) >= 11 is 5.46. The maximum absolute atomic E-state index is 11.7. The van der Waals surface area contributed by atoms with Crippen LogP contribution in [0.1, 0.15) is 13.3 Å². The Balaban J connectivity index is 2.33. The summed E-state index contributed by atoms with van der Waals surface area (Å²) < 4.78 is 5.19. The van der Waals surface area contributed by atoms with Crippen molar-refractivity contribution in [2.24, 2.45) is 0 Å². The third-order valence-electron chi connectivity index (χ3n) is 2.58. The minimum absolute atomic E-state index is 0.00692. The number of carbonyl (C=O) groups is 2. The van der Waals surface area contributed by atoms with Crippen LogP contribution in [0.5, 0.6) is 0 Å². The summed E-state index contributed by atoms with van der Waals surface area (Å²) in [5, 5.41) is 0. The molecule has 0 aromatic heterocycles. The van der Waals surface area contributed by atoms with E-state index in [1.807, 2.05) is 6.92 Å². The predicted octanol–water partition coefficient (Wildman–Crippen LogP) is 0.323. The minimum Gasteiger partial charge on any atom is -0.378 e. The van der Waals surface area contributed by atoms with Crippen molar-refractivity contribution in [3.05, 3.63) is 0 Å². The van der Waals surface area contributed by atoms with Crippen LogP contribution in [0, 0.1) is 0 Å². The van der Waals surface area contributed by atoms with E-state index in [1.165, 1.54) is 0 Å². The minimum atomic E-state index is -0.00692. The number of amides is 2. The van der Waals surface area contributed by atoms with Gasteiger partial charge in [-0.05, 0) is 6.42 Å². The normalized spacial score (nSPS) is 16.8. The molecule has 0 saturated carbocycles. The molecule has 1 rings (SSSR count). The first kappa shape index (κ1) is 14.3. The van der Waals surface area contributed by atoms with Crippen LogP contribution in [-0.4, -0.2) is 66.9 Å². The van der Waals surface area contributed by atoms with Crippen LogP contribution in [0.15, 0.2) is 0 Å². The van der Waals surface area contributed by atoms with Gasteiger partial charge in [0.2, 0.25) is 11.8 Å². The van der Waals surface area contributed by atoms with E-state index in [0.717, 1.165) is 6.42 Å². The Bertz CT molecular complexity index is 273. The molecule has 1 aliphatic rings. The van der Waals surface area contributed by atoms with Gasteiger partial charge < -0.3 is 14.5 Å². The molecule has 5 nitrogen and oxygen atoms in total. The fourth-order valence-electron chi connectivity index (χ4n) is 1.71. The molecule has 0 atom stereocenters. The summed E-state index contributed by atoms with van der Waals surface area (Å²) in [4.78, 5) is 26.6. The molecule has 6 heteroatoms. The Kier molecular flexibility index (Phi) is 6.29. The zero-order valence-corrected chi connectivity index (χ0v) is 10.9. The smallest absolute Gasteiger partial charge is 0.242 e. The summed E-state index contributed by atoms with van der Waals surface area (Å²) in [5.41, 5.74) is 0. The first-order chi connectivity index (χ1) is 8.19. The third-order valence-corrected chi connectivity index (χ3v) is 2.73. The van der Waals surface area contributed by atoms with Crippen molar-refractivity contribution in [3.8, 4) is 0 Å². The SMILES string of the molecule is CCCN1CC(=O)N(CCOCCCl)CC1=O. The monoisotopic (exact) mass is 262 g/mol. The van der Waals surface area contributed by atoms with Gasteiger partial charge in [0.25, 0.3) is 0 Å². The highest BCUT2D eigenvalue weighted by atomic mass is 35.5. The first-order valence-corrected chi connectivity index (χ1v) is 6.41. The van der Waals surface area contributed by atoms with Crippen molar-refractivity contribution in [2.45, 2.75) is 13.3 Å². The van der Waals surface area contributed by atoms with Gasteiger partial charge in [-0.25, -0.2) is 0 Å². The van der Waals surface area contributed by atoms with Crippen molar-refractivity contribution in [2.75, 3.05) is 45.3 Å². The molecular formula is C11H19ClN2O3. The Morgan fingerprint density at radius 1 is 1.12 bits per heavy atom. The number of rotatable bonds is 7. The molecule has 2 amide bonds. The molecule has 17 heavy (non-hydrogen) atoms. The second kappa shape index (κ2) is 7.50. The number of halogens is 1. The molecule has 0 aliphatic carbocycles. The number of hydrogen-bond donors (Lipinski definition) is 0. The van der Waals surface area contributed by atoms with Crippen LogP contribution in [0.3, 0.4) is 0 Å². The van der Waals surface area contributed by atoms with E-state index < -0.39 is 0 Å². The quantitative estimate of drug-likeness (QED) is 0.491. The number of nitrogens with zero attached hydrogens (tertiary/aromatic N) is 2.